The first kappa shape index (κ1) is 15.2. The van der Waals surface area contributed by atoms with E-state index in [-0.39, 0.29) is 0 Å². The molecule has 1 N–H and O–H groups in total. The lowest BCUT2D eigenvalue weighted by Crippen LogP contribution is -1.99. The fourth-order valence-electron chi connectivity index (χ4n) is 1.82. The molecular formula is C17H22O2. The maximum atomic E-state index is 10.7. The standard InChI is InChI=1S/C17H22O2/c1-13(10-12-15(3)17(18)19)9-11-14(2)16-7-5-4-6-8-16/h4-8,12-13H,2,9-11H2,1,3H3,(H,18,19). The SMILES string of the molecule is C=C(CCC(C)CC=C(C)C(=O)O)c1ccccc1. The van der Waals surface area contributed by atoms with Gasteiger partial charge in [0, 0.05) is 5.57 Å². The van der Waals surface area contributed by atoms with Gasteiger partial charge in [-0.2, -0.15) is 0 Å². The Bertz CT molecular complexity index is 457. The lowest BCUT2D eigenvalue weighted by molar-refractivity contribution is -0.132. The minimum absolute atomic E-state index is 0.425. The molecule has 1 atom stereocenters. The van der Waals surface area contributed by atoms with Crippen LogP contribution >= 0.6 is 0 Å². The molecule has 2 nitrogen and oxygen atoms in total. The Kier molecular flexibility index (Phi) is 6.07. The summed E-state index contributed by atoms with van der Waals surface area (Å²) < 4.78 is 0. The van der Waals surface area contributed by atoms with Crippen LogP contribution in [-0.2, 0) is 4.79 Å². The highest BCUT2D eigenvalue weighted by atomic mass is 16.4. The molecule has 0 aliphatic carbocycles. The average molecular weight is 258 g/mol. The van der Waals surface area contributed by atoms with Crippen LogP contribution in [0.2, 0.25) is 0 Å². The van der Waals surface area contributed by atoms with Crippen molar-refractivity contribution < 1.29 is 9.90 Å². The number of carbonyl (C=O) groups is 1. The van der Waals surface area contributed by atoms with Crippen LogP contribution in [0.15, 0.2) is 48.6 Å². The topological polar surface area (TPSA) is 37.3 Å². The lowest BCUT2D eigenvalue weighted by Gasteiger charge is -2.11. The molecule has 0 fully saturated rings. The van der Waals surface area contributed by atoms with Crippen LogP contribution in [0.1, 0.15) is 38.7 Å². The third kappa shape index (κ3) is 5.56. The van der Waals surface area contributed by atoms with E-state index in [1.54, 1.807) is 13.0 Å². The predicted octanol–water partition coefficient (Wildman–Crippen LogP) is 4.54. The van der Waals surface area contributed by atoms with Gasteiger partial charge in [0.05, 0.1) is 0 Å². The number of benzene rings is 1. The molecule has 0 radical (unpaired) electrons. The van der Waals surface area contributed by atoms with Crippen molar-refractivity contribution in [2.24, 2.45) is 5.92 Å². The minimum atomic E-state index is -0.833. The summed E-state index contributed by atoms with van der Waals surface area (Å²) >= 11 is 0. The summed E-state index contributed by atoms with van der Waals surface area (Å²) in [6, 6.07) is 10.2. The summed E-state index contributed by atoms with van der Waals surface area (Å²) in [6.45, 7) is 7.89. The minimum Gasteiger partial charge on any atom is -0.478 e. The first-order valence-electron chi connectivity index (χ1n) is 6.64. The van der Waals surface area contributed by atoms with E-state index in [0.29, 0.717) is 11.5 Å². The van der Waals surface area contributed by atoms with Gasteiger partial charge in [0.1, 0.15) is 0 Å². The van der Waals surface area contributed by atoms with Gasteiger partial charge < -0.3 is 5.11 Å². The Labute approximate surface area is 115 Å². The van der Waals surface area contributed by atoms with Crippen LogP contribution < -0.4 is 0 Å². The molecule has 0 amide bonds. The third-order valence-electron chi connectivity index (χ3n) is 3.28. The van der Waals surface area contributed by atoms with Crippen molar-refractivity contribution in [1.29, 1.82) is 0 Å². The Hall–Kier alpha value is -1.83. The largest absolute Gasteiger partial charge is 0.478 e. The number of aliphatic carboxylic acids is 1. The molecule has 1 aromatic rings. The van der Waals surface area contributed by atoms with Gasteiger partial charge in [-0.3, -0.25) is 0 Å². The van der Waals surface area contributed by atoms with E-state index in [9.17, 15) is 4.79 Å². The molecule has 0 saturated heterocycles. The fraction of sp³-hybridized carbons (Fsp3) is 0.353. The zero-order valence-electron chi connectivity index (χ0n) is 11.7. The van der Waals surface area contributed by atoms with Gasteiger partial charge in [0.15, 0.2) is 0 Å². The highest BCUT2D eigenvalue weighted by Crippen LogP contribution is 2.22. The zero-order valence-corrected chi connectivity index (χ0v) is 11.7. The van der Waals surface area contributed by atoms with Crippen LogP contribution in [0.3, 0.4) is 0 Å². The number of allylic oxidation sites excluding steroid dienone is 2. The van der Waals surface area contributed by atoms with Crippen molar-refractivity contribution in [1.82, 2.24) is 0 Å². The molecule has 0 saturated carbocycles. The van der Waals surface area contributed by atoms with Crippen molar-refractivity contribution in [3.05, 3.63) is 54.1 Å². The molecule has 1 aromatic carbocycles. The monoisotopic (exact) mass is 258 g/mol. The van der Waals surface area contributed by atoms with Crippen molar-refractivity contribution in [3.63, 3.8) is 0 Å². The summed E-state index contributed by atoms with van der Waals surface area (Å²) in [5.41, 5.74) is 2.76. The summed E-state index contributed by atoms with van der Waals surface area (Å²) in [5, 5.41) is 8.78. The molecule has 0 aliphatic rings. The number of hydrogen-bond acceptors (Lipinski definition) is 1. The van der Waals surface area contributed by atoms with Gasteiger partial charge in [-0.05, 0) is 43.2 Å². The van der Waals surface area contributed by atoms with Crippen LogP contribution in [0, 0.1) is 5.92 Å². The van der Waals surface area contributed by atoms with Crippen molar-refractivity contribution in [3.8, 4) is 0 Å². The Morgan fingerprint density at radius 2 is 2.00 bits per heavy atom. The lowest BCUT2D eigenvalue weighted by atomic mass is 9.95. The molecule has 19 heavy (non-hydrogen) atoms. The Morgan fingerprint density at radius 1 is 1.37 bits per heavy atom. The second kappa shape index (κ2) is 7.57. The Balaban J connectivity index is 2.39. The van der Waals surface area contributed by atoms with E-state index in [4.69, 9.17) is 5.11 Å². The summed E-state index contributed by atoms with van der Waals surface area (Å²) in [4.78, 5) is 10.7. The molecule has 102 valence electrons. The summed E-state index contributed by atoms with van der Waals surface area (Å²) in [6.07, 6.45) is 4.58. The molecule has 0 heterocycles. The summed E-state index contributed by atoms with van der Waals surface area (Å²) in [5.74, 6) is -0.365. The first-order valence-corrected chi connectivity index (χ1v) is 6.64. The molecule has 2 heteroatoms. The number of hydrogen-bond donors (Lipinski definition) is 1. The highest BCUT2D eigenvalue weighted by molar-refractivity contribution is 5.85. The van der Waals surface area contributed by atoms with Gasteiger partial charge in [0.25, 0.3) is 0 Å². The van der Waals surface area contributed by atoms with E-state index in [1.165, 1.54) is 5.56 Å². The smallest absolute Gasteiger partial charge is 0.330 e. The van der Waals surface area contributed by atoms with Crippen LogP contribution in [0.5, 0.6) is 0 Å². The summed E-state index contributed by atoms with van der Waals surface area (Å²) in [7, 11) is 0. The fourth-order valence-corrected chi connectivity index (χ4v) is 1.82. The van der Waals surface area contributed by atoms with Crippen LogP contribution in [0.25, 0.3) is 5.57 Å². The van der Waals surface area contributed by atoms with E-state index in [0.717, 1.165) is 24.8 Å². The molecule has 0 aliphatic heterocycles. The molecule has 1 unspecified atom stereocenters. The van der Waals surface area contributed by atoms with Crippen LogP contribution in [0.4, 0.5) is 0 Å². The molecule has 1 rings (SSSR count). The number of carboxylic acid groups (broad SMARTS) is 1. The maximum Gasteiger partial charge on any atom is 0.330 e. The highest BCUT2D eigenvalue weighted by Gasteiger charge is 2.05. The van der Waals surface area contributed by atoms with Crippen LogP contribution in [-0.4, -0.2) is 11.1 Å². The van der Waals surface area contributed by atoms with E-state index in [2.05, 4.69) is 25.6 Å². The average Bonchev–Trinajstić information content (AvgIpc) is 2.42. The second-order valence-electron chi connectivity index (χ2n) is 5.04. The quantitative estimate of drug-likeness (QED) is 0.729. The third-order valence-corrected chi connectivity index (χ3v) is 3.28. The van der Waals surface area contributed by atoms with E-state index < -0.39 is 5.97 Å². The number of carboxylic acids is 1. The van der Waals surface area contributed by atoms with Crippen molar-refractivity contribution in [2.45, 2.75) is 33.1 Å². The first-order chi connectivity index (χ1) is 9.00. The predicted molar refractivity (Wildman–Crippen MR) is 79.9 cm³/mol. The Morgan fingerprint density at radius 3 is 2.58 bits per heavy atom. The molecular weight excluding hydrogens is 236 g/mol. The molecule has 0 aromatic heterocycles. The second-order valence-corrected chi connectivity index (χ2v) is 5.04. The van der Waals surface area contributed by atoms with Gasteiger partial charge in [-0.25, -0.2) is 4.79 Å². The maximum absolute atomic E-state index is 10.7. The molecule has 0 spiro atoms. The molecule has 0 bridgehead atoms. The van der Waals surface area contributed by atoms with Gasteiger partial charge >= 0.3 is 5.97 Å². The number of rotatable bonds is 7. The van der Waals surface area contributed by atoms with Gasteiger partial charge in [0.2, 0.25) is 0 Å². The van der Waals surface area contributed by atoms with Gasteiger partial charge in [-0.1, -0.05) is 49.9 Å². The van der Waals surface area contributed by atoms with Crippen molar-refractivity contribution >= 4 is 11.5 Å². The van der Waals surface area contributed by atoms with E-state index >= 15 is 0 Å². The van der Waals surface area contributed by atoms with E-state index in [1.807, 2.05) is 18.2 Å². The van der Waals surface area contributed by atoms with Crippen molar-refractivity contribution in [2.75, 3.05) is 0 Å². The normalized spacial score (nSPS) is 13.1. The van der Waals surface area contributed by atoms with Gasteiger partial charge in [-0.15, -0.1) is 0 Å². The zero-order chi connectivity index (χ0) is 14.3.